The zero-order chi connectivity index (χ0) is 20.7. The molecule has 1 aromatic carbocycles. The van der Waals surface area contributed by atoms with Crippen LogP contribution in [0.2, 0.25) is 0 Å². The van der Waals surface area contributed by atoms with Crippen molar-refractivity contribution in [2.45, 2.75) is 39.4 Å². The van der Waals surface area contributed by atoms with Gasteiger partial charge in [-0.05, 0) is 38.8 Å². The second kappa shape index (κ2) is 9.03. The first-order valence-corrected chi connectivity index (χ1v) is 8.68. The molecule has 150 valence electrons. The Kier molecular flexibility index (Phi) is 6.75. The van der Waals surface area contributed by atoms with Crippen molar-refractivity contribution in [2.24, 2.45) is 0 Å². The molecule has 1 amide bonds. The highest BCUT2D eigenvalue weighted by atomic mass is 16.6. The van der Waals surface area contributed by atoms with E-state index in [1.54, 1.807) is 45.0 Å². The van der Waals surface area contributed by atoms with E-state index in [-0.39, 0.29) is 18.8 Å². The molecule has 28 heavy (non-hydrogen) atoms. The Bertz CT molecular complexity index is 927. The second-order valence-electron chi connectivity index (χ2n) is 7.02. The predicted molar refractivity (Wildman–Crippen MR) is 101 cm³/mol. The molecule has 0 aliphatic rings. The van der Waals surface area contributed by atoms with Crippen LogP contribution in [-0.2, 0) is 22.5 Å². The summed E-state index contributed by atoms with van der Waals surface area (Å²) in [4.78, 5) is 51.0. The highest BCUT2D eigenvalue weighted by Gasteiger charge is 2.16. The number of rotatable bonds is 6. The van der Waals surface area contributed by atoms with Crippen LogP contribution in [0.25, 0.3) is 0 Å². The lowest BCUT2D eigenvalue weighted by Gasteiger charge is -2.19. The van der Waals surface area contributed by atoms with E-state index in [4.69, 9.17) is 9.47 Å². The lowest BCUT2D eigenvalue weighted by atomic mass is 10.0. The summed E-state index contributed by atoms with van der Waals surface area (Å²) >= 11 is 0. The third-order valence-electron chi connectivity index (χ3n) is 3.47. The Labute approximate surface area is 161 Å². The van der Waals surface area contributed by atoms with Crippen molar-refractivity contribution in [3.05, 3.63) is 68.0 Å². The number of nitrogens with one attached hydrogen (secondary N) is 3. The maximum absolute atomic E-state index is 12.4. The number of benzene rings is 1. The molecule has 0 unspecified atom stereocenters. The Morgan fingerprint density at radius 2 is 1.82 bits per heavy atom. The van der Waals surface area contributed by atoms with Crippen LogP contribution < -0.4 is 16.6 Å². The van der Waals surface area contributed by atoms with Crippen LogP contribution in [-0.4, -0.2) is 34.2 Å². The van der Waals surface area contributed by atoms with Crippen LogP contribution in [0.4, 0.5) is 4.79 Å². The van der Waals surface area contributed by atoms with Gasteiger partial charge in [0.1, 0.15) is 12.2 Å². The number of esters is 1. The van der Waals surface area contributed by atoms with Gasteiger partial charge in [0.25, 0.3) is 5.56 Å². The van der Waals surface area contributed by atoms with Gasteiger partial charge in [-0.3, -0.25) is 9.78 Å². The van der Waals surface area contributed by atoms with E-state index in [2.05, 4.69) is 10.3 Å². The molecule has 0 saturated carbocycles. The number of carbonyl (C=O) groups is 2. The van der Waals surface area contributed by atoms with E-state index in [0.29, 0.717) is 17.5 Å². The maximum Gasteiger partial charge on any atom is 0.407 e. The maximum atomic E-state index is 12.4. The summed E-state index contributed by atoms with van der Waals surface area (Å²) in [6.45, 7) is 5.34. The quantitative estimate of drug-likeness (QED) is 0.642. The van der Waals surface area contributed by atoms with Crippen LogP contribution >= 0.6 is 0 Å². The highest BCUT2D eigenvalue weighted by Crippen LogP contribution is 2.12. The van der Waals surface area contributed by atoms with Crippen molar-refractivity contribution in [2.75, 3.05) is 6.54 Å². The Morgan fingerprint density at radius 3 is 2.50 bits per heavy atom. The summed E-state index contributed by atoms with van der Waals surface area (Å²) in [5.74, 6) is -0.603. The Morgan fingerprint density at radius 1 is 1.11 bits per heavy atom. The van der Waals surface area contributed by atoms with Gasteiger partial charge in [0.2, 0.25) is 0 Å². The largest absolute Gasteiger partial charge is 0.456 e. The smallest absolute Gasteiger partial charge is 0.407 e. The van der Waals surface area contributed by atoms with E-state index in [1.807, 2.05) is 4.98 Å². The summed E-state index contributed by atoms with van der Waals surface area (Å²) in [7, 11) is 0. The number of ether oxygens (including phenoxy) is 2. The number of H-pyrrole nitrogens is 2. The highest BCUT2D eigenvalue weighted by molar-refractivity contribution is 5.91. The van der Waals surface area contributed by atoms with Crippen LogP contribution in [0.5, 0.6) is 0 Å². The minimum absolute atomic E-state index is 0.186. The minimum atomic E-state index is -0.674. The fourth-order valence-corrected chi connectivity index (χ4v) is 2.37. The topological polar surface area (TPSA) is 130 Å². The molecule has 0 fully saturated rings. The second-order valence-corrected chi connectivity index (χ2v) is 7.02. The molecule has 2 rings (SSSR count). The zero-order valence-electron chi connectivity index (χ0n) is 16.0. The Balaban J connectivity index is 1.96. The molecule has 1 heterocycles. The number of carbonyl (C=O) groups excluding carboxylic acids is 2. The lowest BCUT2D eigenvalue weighted by Crippen LogP contribution is -2.33. The number of hydrogen-bond donors (Lipinski definition) is 3. The molecular formula is C19H23N3O6. The summed E-state index contributed by atoms with van der Waals surface area (Å²) in [6, 6.07) is 7.96. The lowest BCUT2D eigenvalue weighted by molar-refractivity contribution is 0.0465. The molecule has 9 nitrogen and oxygen atoms in total. The van der Waals surface area contributed by atoms with Crippen molar-refractivity contribution < 1.29 is 19.1 Å². The van der Waals surface area contributed by atoms with Crippen LogP contribution in [0.15, 0.2) is 39.9 Å². The number of amides is 1. The SMILES string of the molecule is CC(C)(C)OC(=O)NCCc1ccccc1C(=O)OCc1cc(=O)[nH]c(=O)[nH]1. The molecule has 0 bridgehead atoms. The molecule has 0 spiro atoms. The van der Waals surface area contributed by atoms with Crippen LogP contribution in [0, 0.1) is 0 Å². The average Bonchev–Trinajstić information content (AvgIpc) is 2.58. The van der Waals surface area contributed by atoms with Crippen molar-refractivity contribution in [1.82, 2.24) is 15.3 Å². The molecular weight excluding hydrogens is 366 g/mol. The normalized spacial score (nSPS) is 11.0. The van der Waals surface area contributed by atoms with Crippen LogP contribution in [0.1, 0.15) is 42.4 Å². The van der Waals surface area contributed by atoms with Gasteiger partial charge < -0.3 is 19.8 Å². The van der Waals surface area contributed by atoms with E-state index in [9.17, 15) is 19.2 Å². The van der Waals surface area contributed by atoms with Gasteiger partial charge in [-0.2, -0.15) is 0 Å². The van der Waals surface area contributed by atoms with Gasteiger partial charge in [0.15, 0.2) is 0 Å². The molecule has 3 N–H and O–H groups in total. The van der Waals surface area contributed by atoms with Gasteiger partial charge in [0.05, 0.1) is 11.3 Å². The molecule has 1 aromatic heterocycles. The average molecular weight is 389 g/mol. The summed E-state index contributed by atoms with van der Waals surface area (Å²) in [5, 5.41) is 2.63. The van der Waals surface area contributed by atoms with Gasteiger partial charge in [0, 0.05) is 12.6 Å². The fourth-order valence-electron chi connectivity index (χ4n) is 2.37. The first kappa shape index (κ1) is 20.9. The molecule has 2 aromatic rings. The first-order chi connectivity index (χ1) is 13.1. The third kappa shape index (κ3) is 6.75. The van der Waals surface area contributed by atoms with E-state index in [0.717, 1.165) is 6.07 Å². The minimum Gasteiger partial charge on any atom is -0.456 e. The van der Waals surface area contributed by atoms with Crippen molar-refractivity contribution in [3.8, 4) is 0 Å². The van der Waals surface area contributed by atoms with Crippen molar-refractivity contribution in [3.63, 3.8) is 0 Å². The van der Waals surface area contributed by atoms with Crippen molar-refractivity contribution >= 4 is 12.1 Å². The fraction of sp³-hybridized carbons (Fsp3) is 0.368. The standard InChI is InChI=1S/C19H23N3O6/c1-19(2,3)28-18(26)20-9-8-12-6-4-5-7-14(12)16(24)27-11-13-10-15(23)22-17(25)21-13/h4-7,10H,8-9,11H2,1-3H3,(H,20,26)(H2,21,22,23,25). The molecule has 0 radical (unpaired) electrons. The number of aromatic amines is 2. The van der Waals surface area contributed by atoms with Crippen LogP contribution in [0.3, 0.4) is 0 Å². The van der Waals surface area contributed by atoms with Gasteiger partial charge >= 0.3 is 17.8 Å². The van der Waals surface area contributed by atoms with Gasteiger partial charge in [-0.15, -0.1) is 0 Å². The number of hydrogen-bond acceptors (Lipinski definition) is 6. The predicted octanol–water partition coefficient (Wildman–Crippen LogP) is 1.49. The molecule has 0 aliphatic carbocycles. The third-order valence-corrected chi connectivity index (χ3v) is 3.47. The summed E-state index contributed by atoms with van der Waals surface area (Å²) in [6.07, 6.45) is -0.141. The van der Waals surface area contributed by atoms with E-state index in [1.165, 1.54) is 0 Å². The molecule has 0 saturated heterocycles. The molecule has 0 aliphatic heterocycles. The van der Waals surface area contributed by atoms with Crippen molar-refractivity contribution in [1.29, 1.82) is 0 Å². The van der Waals surface area contributed by atoms with E-state index >= 15 is 0 Å². The summed E-state index contributed by atoms with van der Waals surface area (Å²) in [5.41, 5.74) is -0.642. The number of alkyl carbamates (subject to hydrolysis) is 1. The monoisotopic (exact) mass is 389 g/mol. The molecule has 9 heteroatoms. The Hall–Kier alpha value is -3.36. The number of aromatic nitrogens is 2. The first-order valence-electron chi connectivity index (χ1n) is 8.68. The van der Waals surface area contributed by atoms with Gasteiger partial charge in [-0.1, -0.05) is 18.2 Å². The molecule has 0 atom stereocenters. The zero-order valence-corrected chi connectivity index (χ0v) is 16.0. The summed E-state index contributed by atoms with van der Waals surface area (Å²) < 4.78 is 10.3. The van der Waals surface area contributed by atoms with E-state index < -0.39 is 28.9 Å². The van der Waals surface area contributed by atoms with Gasteiger partial charge in [-0.25, -0.2) is 14.4 Å².